The number of thioether (sulfide) groups is 1. The second-order valence-corrected chi connectivity index (χ2v) is 10.1. The standard InChI is InChI=1S/C21H24O2S2/c1-16-13-14-19(24-18-9-5-3-6-10-18)15-21(17(16)2)25(22,23)20-11-7-4-8-12-20/h3-12,15-17,21H,13-14H2,1-2H3/t16-,17?,21?/m1/s1. The molecule has 3 rings (SSSR count). The number of hydrogen-bond acceptors (Lipinski definition) is 3. The lowest BCUT2D eigenvalue weighted by atomic mass is 9.91. The number of allylic oxidation sites excluding steroid dienone is 1. The third kappa shape index (κ3) is 4.18. The van der Waals surface area contributed by atoms with Crippen LogP contribution in [0, 0.1) is 11.8 Å². The van der Waals surface area contributed by atoms with Gasteiger partial charge in [-0.3, -0.25) is 0 Å². The summed E-state index contributed by atoms with van der Waals surface area (Å²) in [5.74, 6) is 0.465. The van der Waals surface area contributed by atoms with Gasteiger partial charge >= 0.3 is 0 Å². The van der Waals surface area contributed by atoms with Crippen molar-refractivity contribution in [3.63, 3.8) is 0 Å². The Balaban J connectivity index is 1.97. The average Bonchev–Trinajstić information content (AvgIpc) is 2.77. The van der Waals surface area contributed by atoms with E-state index in [4.69, 9.17) is 0 Å². The van der Waals surface area contributed by atoms with Crippen LogP contribution >= 0.6 is 11.8 Å². The molecule has 0 heterocycles. The van der Waals surface area contributed by atoms with E-state index in [1.807, 2.05) is 30.3 Å². The van der Waals surface area contributed by atoms with Crippen LogP contribution in [0.4, 0.5) is 0 Å². The second kappa shape index (κ2) is 7.79. The summed E-state index contributed by atoms with van der Waals surface area (Å²) in [5.41, 5.74) is 0. The highest BCUT2D eigenvalue weighted by atomic mass is 32.2. The molecule has 132 valence electrons. The lowest BCUT2D eigenvalue weighted by Crippen LogP contribution is -2.29. The van der Waals surface area contributed by atoms with E-state index in [-0.39, 0.29) is 5.92 Å². The van der Waals surface area contributed by atoms with E-state index in [1.54, 1.807) is 36.0 Å². The third-order valence-corrected chi connectivity index (χ3v) is 8.36. The van der Waals surface area contributed by atoms with Gasteiger partial charge in [0.2, 0.25) is 0 Å². The molecule has 25 heavy (non-hydrogen) atoms. The maximum absolute atomic E-state index is 13.2. The van der Waals surface area contributed by atoms with Crippen molar-refractivity contribution in [2.24, 2.45) is 11.8 Å². The fraction of sp³-hybridized carbons (Fsp3) is 0.333. The number of sulfone groups is 1. The van der Waals surface area contributed by atoms with Crippen LogP contribution in [0.1, 0.15) is 26.7 Å². The molecule has 0 radical (unpaired) electrons. The lowest BCUT2D eigenvalue weighted by molar-refractivity contribution is 0.376. The van der Waals surface area contributed by atoms with Crippen molar-refractivity contribution in [1.82, 2.24) is 0 Å². The quantitative estimate of drug-likeness (QED) is 0.703. The van der Waals surface area contributed by atoms with Crippen molar-refractivity contribution in [2.75, 3.05) is 0 Å². The first-order valence-electron chi connectivity index (χ1n) is 8.71. The fourth-order valence-corrected chi connectivity index (χ4v) is 6.38. The maximum Gasteiger partial charge on any atom is 0.185 e. The molecule has 4 heteroatoms. The molecule has 2 aromatic carbocycles. The Morgan fingerprint density at radius 3 is 2.16 bits per heavy atom. The van der Waals surface area contributed by atoms with E-state index >= 15 is 0 Å². The molecule has 2 nitrogen and oxygen atoms in total. The van der Waals surface area contributed by atoms with Crippen LogP contribution in [0.3, 0.4) is 0 Å². The van der Waals surface area contributed by atoms with Gasteiger partial charge < -0.3 is 0 Å². The summed E-state index contributed by atoms with van der Waals surface area (Å²) in [4.78, 5) is 2.74. The van der Waals surface area contributed by atoms with Gasteiger partial charge in [0.15, 0.2) is 9.84 Å². The Kier molecular flexibility index (Phi) is 5.70. The summed E-state index contributed by atoms with van der Waals surface area (Å²) in [6, 6.07) is 19.0. The van der Waals surface area contributed by atoms with Crippen LogP contribution in [-0.2, 0) is 9.84 Å². The molecule has 0 saturated heterocycles. The molecule has 0 N–H and O–H groups in total. The Hall–Kier alpha value is -1.52. The molecule has 1 aliphatic carbocycles. The molecule has 2 aromatic rings. The average molecular weight is 373 g/mol. The zero-order valence-electron chi connectivity index (χ0n) is 14.6. The first-order chi connectivity index (χ1) is 12.0. The van der Waals surface area contributed by atoms with Crippen LogP contribution < -0.4 is 0 Å². The second-order valence-electron chi connectivity index (χ2n) is 6.75. The normalized spacial score (nSPS) is 24.4. The number of hydrogen-bond donors (Lipinski definition) is 0. The van der Waals surface area contributed by atoms with Gasteiger partial charge in [-0.2, -0.15) is 0 Å². The summed E-state index contributed by atoms with van der Waals surface area (Å²) in [6.07, 6.45) is 3.97. The van der Waals surface area contributed by atoms with Crippen molar-refractivity contribution in [2.45, 2.75) is 41.7 Å². The highest BCUT2D eigenvalue weighted by Crippen LogP contribution is 2.39. The Labute approximate surface area is 155 Å². The van der Waals surface area contributed by atoms with Crippen LogP contribution in [0.2, 0.25) is 0 Å². The van der Waals surface area contributed by atoms with Gasteiger partial charge in [-0.25, -0.2) is 8.42 Å². The summed E-state index contributed by atoms with van der Waals surface area (Å²) in [6.45, 7) is 4.24. The van der Waals surface area contributed by atoms with E-state index in [0.717, 1.165) is 22.6 Å². The van der Waals surface area contributed by atoms with Crippen LogP contribution in [0.15, 0.2) is 81.4 Å². The Morgan fingerprint density at radius 1 is 0.920 bits per heavy atom. The summed E-state index contributed by atoms with van der Waals surface area (Å²) in [7, 11) is -3.38. The number of benzene rings is 2. The van der Waals surface area contributed by atoms with Gasteiger partial charge in [-0.05, 0) is 53.8 Å². The minimum Gasteiger partial charge on any atom is -0.223 e. The fourth-order valence-electron chi connectivity index (χ4n) is 3.24. The summed E-state index contributed by atoms with van der Waals surface area (Å²) in [5, 5.41) is -0.474. The highest BCUT2D eigenvalue weighted by Gasteiger charge is 2.35. The molecule has 0 spiro atoms. The molecule has 0 saturated carbocycles. The van der Waals surface area contributed by atoms with Gasteiger partial charge in [-0.1, -0.05) is 68.1 Å². The molecule has 2 unspecified atom stereocenters. The van der Waals surface area contributed by atoms with Crippen molar-refractivity contribution in [3.05, 3.63) is 71.6 Å². The molecule has 0 aliphatic heterocycles. The van der Waals surface area contributed by atoms with Gasteiger partial charge in [0.05, 0.1) is 10.1 Å². The monoisotopic (exact) mass is 372 g/mol. The van der Waals surface area contributed by atoms with Crippen molar-refractivity contribution < 1.29 is 8.42 Å². The summed E-state index contributed by atoms with van der Waals surface area (Å²) >= 11 is 1.69. The van der Waals surface area contributed by atoms with Gasteiger partial charge in [0.1, 0.15) is 0 Å². The van der Waals surface area contributed by atoms with E-state index in [0.29, 0.717) is 10.8 Å². The van der Waals surface area contributed by atoms with Crippen molar-refractivity contribution >= 4 is 21.6 Å². The molecular weight excluding hydrogens is 348 g/mol. The van der Waals surface area contributed by atoms with E-state index in [9.17, 15) is 8.42 Å². The van der Waals surface area contributed by atoms with E-state index in [1.165, 1.54) is 0 Å². The first kappa shape index (κ1) is 18.3. The largest absolute Gasteiger partial charge is 0.223 e. The predicted octanol–water partition coefficient (Wildman–Crippen LogP) is 5.57. The summed E-state index contributed by atoms with van der Waals surface area (Å²) < 4.78 is 26.5. The smallest absolute Gasteiger partial charge is 0.185 e. The zero-order chi connectivity index (χ0) is 17.9. The van der Waals surface area contributed by atoms with Gasteiger partial charge in [0, 0.05) is 4.90 Å². The minimum absolute atomic E-state index is 0.0964. The Bertz CT molecular complexity index is 827. The SMILES string of the molecule is CC1C(S(=O)(=O)c2ccccc2)C=C(Sc2ccccc2)CC[C@H]1C. The molecule has 0 amide bonds. The van der Waals surface area contributed by atoms with Gasteiger partial charge in [0.25, 0.3) is 0 Å². The first-order valence-corrected chi connectivity index (χ1v) is 11.1. The Morgan fingerprint density at radius 2 is 1.52 bits per heavy atom. The molecule has 0 aromatic heterocycles. The van der Waals surface area contributed by atoms with E-state index in [2.05, 4.69) is 26.0 Å². The van der Waals surface area contributed by atoms with Crippen LogP contribution in [0.5, 0.6) is 0 Å². The maximum atomic E-state index is 13.2. The molecule has 0 bridgehead atoms. The molecular formula is C21H24O2S2. The van der Waals surface area contributed by atoms with E-state index < -0.39 is 15.1 Å². The molecule has 3 atom stereocenters. The highest BCUT2D eigenvalue weighted by molar-refractivity contribution is 8.03. The van der Waals surface area contributed by atoms with Crippen LogP contribution in [0.25, 0.3) is 0 Å². The zero-order valence-corrected chi connectivity index (χ0v) is 16.3. The van der Waals surface area contributed by atoms with Crippen molar-refractivity contribution in [3.8, 4) is 0 Å². The lowest BCUT2D eigenvalue weighted by Gasteiger charge is -2.24. The third-order valence-electron chi connectivity index (χ3n) is 5.03. The van der Waals surface area contributed by atoms with Gasteiger partial charge in [-0.15, -0.1) is 0 Å². The minimum atomic E-state index is -3.38. The molecule has 0 fully saturated rings. The topological polar surface area (TPSA) is 34.1 Å². The number of rotatable bonds is 4. The van der Waals surface area contributed by atoms with Crippen LogP contribution in [-0.4, -0.2) is 13.7 Å². The van der Waals surface area contributed by atoms with Crippen molar-refractivity contribution in [1.29, 1.82) is 0 Å². The molecule has 1 aliphatic rings. The predicted molar refractivity (Wildman–Crippen MR) is 105 cm³/mol.